The molecule has 2 aliphatic heterocycles. The Morgan fingerprint density at radius 2 is 0.860 bits per heavy atom. The van der Waals surface area contributed by atoms with Crippen molar-refractivity contribution in [1.82, 2.24) is 0 Å². The summed E-state index contributed by atoms with van der Waals surface area (Å²) in [6, 6.07) is 33.5. The van der Waals surface area contributed by atoms with Crippen LogP contribution in [0.15, 0.2) is 97.1 Å². The van der Waals surface area contributed by atoms with Crippen LogP contribution >= 0.6 is 0 Å². The molecule has 2 fully saturated rings. The minimum absolute atomic E-state index is 0.0925. The van der Waals surface area contributed by atoms with Crippen LogP contribution in [0, 0.1) is 5.41 Å². The molecular formula is C37H40O6. The molecule has 2 aliphatic rings. The Kier molecular flexibility index (Phi) is 9.39. The van der Waals surface area contributed by atoms with Gasteiger partial charge in [-0.2, -0.15) is 0 Å². The monoisotopic (exact) mass is 580 g/mol. The maximum atomic E-state index is 6.08. The highest BCUT2D eigenvalue weighted by atomic mass is 16.6. The lowest BCUT2D eigenvalue weighted by Crippen LogP contribution is -2.25. The highest BCUT2D eigenvalue weighted by molar-refractivity contribution is 5.65. The lowest BCUT2D eigenvalue weighted by Gasteiger charge is -2.24. The van der Waals surface area contributed by atoms with Gasteiger partial charge in [0.15, 0.2) is 0 Å². The van der Waals surface area contributed by atoms with Crippen molar-refractivity contribution in [1.29, 1.82) is 0 Å². The van der Waals surface area contributed by atoms with Crippen LogP contribution in [-0.2, 0) is 32.2 Å². The Labute approximate surface area is 254 Å². The summed E-state index contributed by atoms with van der Waals surface area (Å²) in [5.74, 6) is 1.75. The molecule has 2 unspecified atom stereocenters. The van der Waals surface area contributed by atoms with Gasteiger partial charge >= 0.3 is 0 Å². The molecule has 4 aromatic rings. The first-order chi connectivity index (χ1) is 21.0. The normalized spacial score (nSPS) is 17.4. The molecule has 6 rings (SSSR count). The number of ether oxygens (including phenoxy) is 6. The summed E-state index contributed by atoms with van der Waals surface area (Å²) in [6.45, 7) is 9.59. The number of rotatable bonds is 16. The quantitative estimate of drug-likeness (QED) is 0.129. The van der Waals surface area contributed by atoms with Crippen LogP contribution in [0.25, 0.3) is 22.3 Å². The molecule has 0 N–H and O–H groups in total. The molecule has 0 saturated carbocycles. The van der Waals surface area contributed by atoms with Gasteiger partial charge in [0.1, 0.15) is 36.9 Å². The Balaban J connectivity index is 0.894. The Bertz CT molecular complexity index is 1310. The van der Waals surface area contributed by atoms with Crippen LogP contribution < -0.4 is 9.47 Å². The van der Waals surface area contributed by atoms with Gasteiger partial charge in [-0.15, -0.1) is 0 Å². The summed E-state index contributed by atoms with van der Waals surface area (Å²) in [5, 5.41) is 0. The summed E-state index contributed by atoms with van der Waals surface area (Å²) < 4.78 is 34.0. The molecular weight excluding hydrogens is 540 g/mol. The molecule has 43 heavy (non-hydrogen) atoms. The fraction of sp³-hybridized carbons (Fsp3) is 0.351. The van der Waals surface area contributed by atoms with Gasteiger partial charge in [-0.1, -0.05) is 86.6 Å². The van der Waals surface area contributed by atoms with E-state index < -0.39 is 0 Å². The van der Waals surface area contributed by atoms with E-state index in [9.17, 15) is 0 Å². The third-order valence-electron chi connectivity index (χ3n) is 7.48. The zero-order valence-corrected chi connectivity index (χ0v) is 25.0. The molecule has 2 heterocycles. The predicted octanol–water partition coefficient (Wildman–Crippen LogP) is 7.34. The second-order valence-corrected chi connectivity index (χ2v) is 12.1. The molecule has 0 aromatic heterocycles. The summed E-state index contributed by atoms with van der Waals surface area (Å²) in [7, 11) is 0. The number of hydrogen-bond donors (Lipinski definition) is 0. The summed E-state index contributed by atoms with van der Waals surface area (Å²) in [6.07, 6.45) is 0.528. The zero-order valence-electron chi connectivity index (χ0n) is 25.0. The Morgan fingerprint density at radius 3 is 1.19 bits per heavy atom. The highest BCUT2D eigenvalue weighted by Crippen LogP contribution is 2.26. The maximum Gasteiger partial charge on any atom is 0.119 e. The average Bonchev–Trinajstić information content (AvgIpc) is 3.96. The molecule has 2 atom stereocenters. The largest absolute Gasteiger partial charge is 0.491 e. The summed E-state index contributed by atoms with van der Waals surface area (Å²) in [5.41, 5.74) is 6.88. The van der Waals surface area contributed by atoms with Gasteiger partial charge < -0.3 is 28.4 Å². The van der Waals surface area contributed by atoms with Gasteiger partial charge in [-0.25, -0.2) is 0 Å². The van der Waals surface area contributed by atoms with Crippen LogP contribution in [0.2, 0.25) is 0 Å². The molecule has 224 valence electrons. The van der Waals surface area contributed by atoms with Crippen molar-refractivity contribution in [3.8, 4) is 33.8 Å². The fourth-order valence-electron chi connectivity index (χ4n) is 4.71. The molecule has 6 nitrogen and oxygen atoms in total. The van der Waals surface area contributed by atoms with Gasteiger partial charge in [-0.3, -0.25) is 0 Å². The standard InChI is InChI=1S/C37H40O6/c1-37(2,25-38-19-27-3-7-29(8-4-27)31-11-15-33(16-12-31)40-21-35-23-42-35)26-39-20-28-5-9-30(10-6-28)32-13-17-34(18-14-32)41-22-36-24-43-36/h3-18,35-36H,19-26H2,1-2H3. The van der Waals surface area contributed by atoms with Gasteiger partial charge in [0, 0.05) is 5.41 Å². The fourth-order valence-corrected chi connectivity index (χ4v) is 4.71. The molecule has 0 radical (unpaired) electrons. The van der Waals surface area contributed by atoms with Crippen molar-refractivity contribution < 1.29 is 28.4 Å². The topological polar surface area (TPSA) is 62.0 Å². The van der Waals surface area contributed by atoms with Gasteiger partial charge in [0.2, 0.25) is 0 Å². The van der Waals surface area contributed by atoms with Crippen LogP contribution in [0.1, 0.15) is 25.0 Å². The molecule has 4 aromatic carbocycles. The van der Waals surface area contributed by atoms with E-state index in [1.54, 1.807) is 0 Å². The average molecular weight is 581 g/mol. The van der Waals surface area contributed by atoms with Crippen molar-refractivity contribution in [2.45, 2.75) is 39.3 Å². The van der Waals surface area contributed by atoms with Gasteiger partial charge in [0.25, 0.3) is 0 Å². The maximum absolute atomic E-state index is 6.08. The molecule has 0 aliphatic carbocycles. The first-order valence-electron chi connectivity index (χ1n) is 15.0. The molecule has 0 amide bonds. The van der Waals surface area contributed by atoms with Gasteiger partial charge in [-0.05, 0) is 57.6 Å². The van der Waals surface area contributed by atoms with Gasteiger partial charge in [0.05, 0.1) is 39.6 Å². The van der Waals surface area contributed by atoms with E-state index in [4.69, 9.17) is 28.4 Å². The minimum Gasteiger partial charge on any atom is -0.491 e. The van der Waals surface area contributed by atoms with Crippen molar-refractivity contribution >= 4 is 0 Å². The van der Waals surface area contributed by atoms with E-state index in [0.717, 1.165) is 47.0 Å². The van der Waals surface area contributed by atoms with Crippen molar-refractivity contribution in [3.05, 3.63) is 108 Å². The summed E-state index contributed by atoms with van der Waals surface area (Å²) >= 11 is 0. The zero-order chi connectivity index (χ0) is 29.5. The van der Waals surface area contributed by atoms with Crippen molar-refractivity contribution in [2.75, 3.05) is 39.6 Å². The highest BCUT2D eigenvalue weighted by Gasteiger charge is 2.23. The number of benzene rings is 4. The molecule has 0 bridgehead atoms. The molecule has 2 saturated heterocycles. The number of epoxide rings is 2. The second kappa shape index (κ2) is 13.7. The second-order valence-electron chi connectivity index (χ2n) is 12.1. The summed E-state index contributed by atoms with van der Waals surface area (Å²) in [4.78, 5) is 0. The first-order valence-corrected chi connectivity index (χ1v) is 15.0. The van der Waals surface area contributed by atoms with Crippen molar-refractivity contribution in [3.63, 3.8) is 0 Å². The van der Waals surface area contributed by atoms with E-state index in [1.807, 2.05) is 24.3 Å². The van der Waals surface area contributed by atoms with E-state index in [0.29, 0.717) is 39.6 Å². The van der Waals surface area contributed by atoms with Crippen LogP contribution in [-0.4, -0.2) is 51.8 Å². The van der Waals surface area contributed by atoms with Crippen molar-refractivity contribution in [2.24, 2.45) is 5.41 Å². The first kappa shape index (κ1) is 29.4. The Hall–Kier alpha value is -3.68. The van der Waals surface area contributed by atoms with E-state index in [-0.39, 0.29) is 17.6 Å². The lowest BCUT2D eigenvalue weighted by atomic mass is 9.96. The molecule has 0 spiro atoms. The van der Waals surface area contributed by atoms with Crippen LogP contribution in [0.3, 0.4) is 0 Å². The predicted molar refractivity (Wildman–Crippen MR) is 167 cm³/mol. The third-order valence-corrected chi connectivity index (χ3v) is 7.48. The third kappa shape index (κ3) is 9.15. The number of hydrogen-bond acceptors (Lipinski definition) is 6. The van der Waals surface area contributed by atoms with E-state index in [1.165, 1.54) is 11.1 Å². The Morgan fingerprint density at radius 1 is 0.535 bits per heavy atom. The lowest BCUT2D eigenvalue weighted by molar-refractivity contribution is -0.0142. The molecule has 6 heteroatoms. The minimum atomic E-state index is -0.0925. The van der Waals surface area contributed by atoms with Crippen LogP contribution in [0.5, 0.6) is 11.5 Å². The van der Waals surface area contributed by atoms with E-state index in [2.05, 4.69) is 86.6 Å². The smallest absolute Gasteiger partial charge is 0.119 e. The van der Waals surface area contributed by atoms with Crippen LogP contribution in [0.4, 0.5) is 0 Å². The van der Waals surface area contributed by atoms with E-state index >= 15 is 0 Å². The SMILES string of the molecule is CC(C)(COCc1ccc(-c2ccc(OCC3CO3)cc2)cc1)COCc1ccc(-c2ccc(OCC3CO3)cc2)cc1.